The van der Waals surface area contributed by atoms with Gasteiger partial charge in [-0.15, -0.1) is 0 Å². The van der Waals surface area contributed by atoms with Gasteiger partial charge >= 0.3 is 0 Å². The molecule has 1 aromatic rings. The van der Waals surface area contributed by atoms with Gasteiger partial charge in [0, 0.05) is 44.1 Å². The summed E-state index contributed by atoms with van der Waals surface area (Å²) in [7, 11) is 0. The topological polar surface area (TPSA) is 45.7 Å². The second kappa shape index (κ2) is 7.70. The van der Waals surface area contributed by atoms with Gasteiger partial charge in [-0.2, -0.15) is 0 Å². The third-order valence-corrected chi connectivity index (χ3v) is 4.79. The lowest BCUT2D eigenvalue weighted by Crippen LogP contribution is -2.40. The van der Waals surface area contributed by atoms with E-state index in [0.717, 1.165) is 63.7 Å². The fourth-order valence-electron chi connectivity index (χ4n) is 3.29. The predicted molar refractivity (Wildman–Crippen MR) is 84.7 cm³/mol. The summed E-state index contributed by atoms with van der Waals surface area (Å²) in [6.07, 6.45) is 6.87. The molecule has 2 aliphatic heterocycles. The zero-order valence-corrected chi connectivity index (χ0v) is 13.1. The van der Waals surface area contributed by atoms with E-state index in [2.05, 4.69) is 9.88 Å². The normalized spacial score (nSPS) is 21.0. The molecule has 2 fully saturated rings. The molecule has 1 aromatic heterocycles. The third kappa shape index (κ3) is 4.05. The van der Waals surface area contributed by atoms with E-state index in [1.165, 1.54) is 13.0 Å². The number of nitrogens with zero attached hydrogens (tertiary/aromatic N) is 3. The summed E-state index contributed by atoms with van der Waals surface area (Å²) < 4.78 is 5.38. The summed E-state index contributed by atoms with van der Waals surface area (Å²) in [5.41, 5.74) is 0.752. The highest BCUT2D eigenvalue weighted by Gasteiger charge is 2.24. The maximum Gasteiger partial charge on any atom is 0.253 e. The molecule has 5 heteroatoms. The van der Waals surface area contributed by atoms with E-state index < -0.39 is 0 Å². The van der Waals surface area contributed by atoms with E-state index in [1.54, 1.807) is 24.5 Å². The number of amides is 1. The van der Waals surface area contributed by atoms with E-state index in [-0.39, 0.29) is 5.91 Å². The molecule has 0 bridgehead atoms. The lowest BCUT2D eigenvalue weighted by Gasteiger charge is -2.34. The van der Waals surface area contributed by atoms with Crippen LogP contribution in [0.5, 0.6) is 0 Å². The summed E-state index contributed by atoms with van der Waals surface area (Å²) in [4.78, 5) is 20.8. The highest BCUT2D eigenvalue weighted by atomic mass is 16.5. The number of rotatable bonds is 4. The lowest BCUT2D eigenvalue weighted by molar-refractivity contribution is 0.0332. The number of pyridine rings is 1. The van der Waals surface area contributed by atoms with Crippen LogP contribution >= 0.6 is 0 Å². The standard InChI is InChI=1S/C17H25N3O2/c21-17(16-1-6-18-7-2-16)20-9-4-15(5-10-20)3-8-19-11-13-22-14-12-19/h1-2,6-7,15H,3-5,8-14H2. The lowest BCUT2D eigenvalue weighted by atomic mass is 9.93. The average Bonchev–Trinajstić information content (AvgIpc) is 2.61. The Hall–Kier alpha value is -1.46. The number of morpholine rings is 1. The van der Waals surface area contributed by atoms with Gasteiger partial charge in [0.15, 0.2) is 0 Å². The molecule has 0 N–H and O–H groups in total. The van der Waals surface area contributed by atoms with Gasteiger partial charge in [0.2, 0.25) is 0 Å². The Morgan fingerprint density at radius 2 is 1.82 bits per heavy atom. The molecule has 2 saturated heterocycles. The average molecular weight is 303 g/mol. The molecule has 0 atom stereocenters. The van der Waals surface area contributed by atoms with Gasteiger partial charge in [0.25, 0.3) is 5.91 Å². The van der Waals surface area contributed by atoms with Crippen LogP contribution in [0.25, 0.3) is 0 Å². The van der Waals surface area contributed by atoms with Gasteiger partial charge in [-0.1, -0.05) is 0 Å². The van der Waals surface area contributed by atoms with Crippen molar-refractivity contribution < 1.29 is 9.53 Å². The van der Waals surface area contributed by atoms with Crippen LogP contribution in [-0.4, -0.2) is 66.6 Å². The molecule has 1 amide bonds. The number of piperidine rings is 1. The second-order valence-corrected chi connectivity index (χ2v) is 6.21. The monoisotopic (exact) mass is 303 g/mol. The summed E-state index contributed by atoms with van der Waals surface area (Å²) in [5, 5.41) is 0. The first-order valence-corrected chi connectivity index (χ1v) is 8.32. The van der Waals surface area contributed by atoms with Gasteiger partial charge in [-0.25, -0.2) is 0 Å². The fourth-order valence-corrected chi connectivity index (χ4v) is 3.29. The number of likely N-dealkylation sites (tertiary alicyclic amines) is 1. The van der Waals surface area contributed by atoms with Crippen LogP contribution in [-0.2, 0) is 4.74 Å². The van der Waals surface area contributed by atoms with E-state index >= 15 is 0 Å². The highest BCUT2D eigenvalue weighted by molar-refractivity contribution is 5.94. The molecule has 0 saturated carbocycles. The summed E-state index contributed by atoms with van der Waals surface area (Å²) in [5.74, 6) is 0.901. The first kappa shape index (κ1) is 15.4. The van der Waals surface area contributed by atoms with E-state index in [9.17, 15) is 4.79 Å². The molecule has 2 aliphatic rings. The van der Waals surface area contributed by atoms with Crippen LogP contribution in [0.2, 0.25) is 0 Å². The van der Waals surface area contributed by atoms with Crippen molar-refractivity contribution in [1.29, 1.82) is 0 Å². The van der Waals surface area contributed by atoms with Crippen LogP contribution < -0.4 is 0 Å². The largest absolute Gasteiger partial charge is 0.379 e. The molecular weight excluding hydrogens is 278 g/mol. The SMILES string of the molecule is O=C(c1ccncc1)N1CCC(CCN2CCOCC2)CC1. The van der Waals surface area contributed by atoms with Crippen LogP contribution in [0, 0.1) is 5.92 Å². The van der Waals surface area contributed by atoms with E-state index in [4.69, 9.17) is 4.74 Å². The zero-order valence-electron chi connectivity index (χ0n) is 13.1. The zero-order chi connectivity index (χ0) is 15.2. The Morgan fingerprint density at radius 1 is 1.14 bits per heavy atom. The van der Waals surface area contributed by atoms with Crippen LogP contribution in [0.15, 0.2) is 24.5 Å². The molecule has 0 radical (unpaired) electrons. The fraction of sp³-hybridized carbons (Fsp3) is 0.647. The van der Waals surface area contributed by atoms with Gasteiger partial charge in [-0.05, 0) is 43.9 Å². The Bertz CT molecular complexity index is 466. The maximum absolute atomic E-state index is 12.4. The smallest absolute Gasteiger partial charge is 0.253 e. The van der Waals surface area contributed by atoms with E-state index in [0.29, 0.717) is 0 Å². The first-order chi connectivity index (χ1) is 10.8. The molecule has 0 aromatic carbocycles. The minimum Gasteiger partial charge on any atom is -0.379 e. The van der Waals surface area contributed by atoms with Crippen molar-refractivity contribution >= 4 is 5.91 Å². The number of hydrogen-bond acceptors (Lipinski definition) is 4. The van der Waals surface area contributed by atoms with Crippen molar-refractivity contribution in [2.45, 2.75) is 19.3 Å². The van der Waals surface area contributed by atoms with Crippen LogP contribution in [0.3, 0.4) is 0 Å². The van der Waals surface area contributed by atoms with Crippen molar-refractivity contribution in [3.8, 4) is 0 Å². The van der Waals surface area contributed by atoms with Gasteiger partial charge in [0.05, 0.1) is 13.2 Å². The summed E-state index contributed by atoms with van der Waals surface area (Å²) >= 11 is 0. The molecular formula is C17H25N3O2. The van der Waals surface area contributed by atoms with Gasteiger partial charge in [0.1, 0.15) is 0 Å². The Morgan fingerprint density at radius 3 is 2.50 bits per heavy atom. The third-order valence-electron chi connectivity index (χ3n) is 4.79. The van der Waals surface area contributed by atoms with Crippen molar-refractivity contribution in [3.05, 3.63) is 30.1 Å². The Balaban J connectivity index is 1.41. The Kier molecular flexibility index (Phi) is 5.40. The van der Waals surface area contributed by atoms with Gasteiger partial charge < -0.3 is 9.64 Å². The quantitative estimate of drug-likeness (QED) is 0.848. The maximum atomic E-state index is 12.4. The first-order valence-electron chi connectivity index (χ1n) is 8.32. The van der Waals surface area contributed by atoms with Crippen molar-refractivity contribution in [2.75, 3.05) is 45.9 Å². The number of hydrogen-bond donors (Lipinski definition) is 0. The minimum absolute atomic E-state index is 0.147. The highest BCUT2D eigenvalue weighted by Crippen LogP contribution is 2.22. The number of aromatic nitrogens is 1. The predicted octanol–water partition coefficient (Wildman–Crippen LogP) is 1.66. The number of carbonyl (C=O) groups is 1. The molecule has 3 rings (SSSR count). The van der Waals surface area contributed by atoms with Crippen LogP contribution in [0.1, 0.15) is 29.6 Å². The molecule has 0 spiro atoms. The molecule has 22 heavy (non-hydrogen) atoms. The van der Waals surface area contributed by atoms with Crippen LogP contribution in [0.4, 0.5) is 0 Å². The second-order valence-electron chi connectivity index (χ2n) is 6.21. The number of ether oxygens (including phenoxy) is 1. The van der Waals surface area contributed by atoms with Gasteiger partial charge in [-0.3, -0.25) is 14.7 Å². The molecule has 0 unspecified atom stereocenters. The minimum atomic E-state index is 0.147. The van der Waals surface area contributed by atoms with Crippen molar-refractivity contribution in [3.63, 3.8) is 0 Å². The molecule has 3 heterocycles. The summed E-state index contributed by atoms with van der Waals surface area (Å²) in [6.45, 7) is 6.83. The molecule has 120 valence electrons. The number of carbonyl (C=O) groups excluding carboxylic acids is 1. The molecule has 5 nitrogen and oxygen atoms in total. The van der Waals surface area contributed by atoms with Crippen molar-refractivity contribution in [2.24, 2.45) is 5.92 Å². The summed E-state index contributed by atoms with van der Waals surface area (Å²) in [6, 6.07) is 3.60. The van der Waals surface area contributed by atoms with E-state index in [1.807, 2.05) is 4.90 Å². The van der Waals surface area contributed by atoms with Crippen molar-refractivity contribution in [1.82, 2.24) is 14.8 Å². The Labute approximate surface area is 132 Å². The molecule has 0 aliphatic carbocycles.